The molecule has 2 nitrogen and oxygen atoms in total. The molecule has 1 aromatic carbocycles. The van der Waals surface area contributed by atoms with E-state index in [0.29, 0.717) is 6.04 Å². The number of benzene rings is 1. The van der Waals surface area contributed by atoms with Crippen molar-refractivity contribution in [2.24, 2.45) is 0 Å². The van der Waals surface area contributed by atoms with Crippen molar-refractivity contribution in [2.75, 3.05) is 26.2 Å². The number of nitrogens with zero attached hydrogens (tertiary/aromatic N) is 2. The molecular weight excluding hydrogens is 227 g/mol. The minimum atomic E-state index is -0.0683. The molecule has 0 radical (unpaired) electrons. The van der Waals surface area contributed by atoms with E-state index >= 15 is 0 Å². The smallest absolute Gasteiger partial charge is 0.127 e. The molecular formula is C15H23FN2. The normalized spacial score (nSPS) is 18.5. The molecule has 0 amide bonds. The molecule has 0 unspecified atom stereocenters. The van der Waals surface area contributed by atoms with Crippen molar-refractivity contribution in [3.8, 4) is 0 Å². The number of rotatable bonds is 3. The highest BCUT2D eigenvalue weighted by Crippen LogP contribution is 2.14. The fraction of sp³-hybridized carbons (Fsp3) is 0.600. The fourth-order valence-corrected chi connectivity index (χ4v) is 2.46. The van der Waals surface area contributed by atoms with Crippen LogP contribution in [0.3, 0.4) is 0 Å². The lowest BCUT2D eigenvalue weighted by Crippen LogP contribution is -2.48. The maximum atomic E-state index is 13.8. The molecule has 0 spiro atoms. The molecule has 0 saturated carbocycles. The third-order valence-electron chi connectivity index (χ3n) is 3.74. The van der Waals surface area contributed by atoms with Gasteiger partial charge in [0, 0.05) is 44.3 Å². The maximum absolute atomic E-state index is 13.8. The number of hydrogen-bond acceptors (Lipinski definition) is 2. The van der Waals surface area contributed by atoms with Crippen molar-refractivity contribution in [1.82, 2.24) is 9.80 Å². The summed E-state index contributed by atoms with van der Waals surface area (Å²) in [6.07, 6.45) is 0. The van der Waals surface area contributed by atoms with Gasteiger partial charge < -0.3 is 0 Å². The van der Waals surface area contributed by atoms with Crippen LogP contribution in [0, 0.1) is 12.7 Å². The number of piperazine rings is 1. The highest BCUT2D eigenvalue weighted by molar-refractivity contribution is 5.23. The Morgan fingerprint density at radius 3 is 2.39 bits per heavy atom. The van der Waals surface area contributed by atoms with Crippen LogP contribution in [0.15, 0.2) is 18.2 Å². The first kappa shape index (κ1) is 13.5. The second-order valence-corrected chi connectivity index (χ2v) is 5.50. The Morgan fingerprint density at radius 2 is 1.83 bits per heavy atom. The van der Waals surface area contributed by atoms with E-state index in [0.717, 1.165) is 43.9 Å². The predicted molar refractivity (Wildman–Crippen MR) is 73.1 cm³/mol. The predicted octanol–water partition coefficient (Wildman–Crippen LogP) is 2.66. The SMILES string of the molecule is Cc1ccc(CN2CCN(C(C)C)CC2)c(F)c1. The van der Waals surface area contributed by atoms with E-state index in [9.17, 15) is 4.39 Å². The number of halogens is 1. The Morgan fingerprint density at radius 1 is 1.17 bits per heavy atom. The lowest BCUT2D eigenvalue weighted by Gasteiger charge is -2.37. The topological polar surface area (TPSA) is 6.48 Å². The van der Waals surface area contributed by atoms with E-state index in [1.165, 1.54) is 0 Å². The minimum Gasteiger partial charge on any atom is -0.298 e. The Labute approximate surface area is 109 Å². The summed E-state index contributed by atoms with van der Waals surface area (Å²) < 4.78 is 13.8. The van der Waals surface area contributed by atoms with Crippen LogP contribution >= 0.6 is 0 Å². The van der Waals surface area contributed by atoms with Crippen LogP contribution in [-0.4, -0.2) is 42.0 Å². The number of hydrogen-bond donors (Lipinski definition) is 0. The maximum Gasteiger partial charge on any atom is 0.127 e. The summed E-state index contributed by atoms with van der Waals surface area (Å²) in [7, 11) is 0. The fourth-order valence-electron chi connectivity index (χ4n) is 2.46. The van der Waals surface area contributed by atoms with Gasteiger partial charge in [0.05, 0.1) is 0 Å². The van der Waals surface area contributed by atoms with Crippen LogP contribution in [0.1, 0.15) is 25.0 Å². The standard InChI is InChI=1S/C15H23FN2/c1-12(2)18-8-6-17(7-9-18)11-14-5-4-13(3)10-15(14)16/h4-5,10,12H,6-9,11H2,1-3H3. The molecule has 3 heteroatoms. The molecule has 1 fully saturated rings. The van der Waals surface area contributed by atoms with Gasteiger partial charge in [-0.1, -0.05) is 12.1 Å². The highest BCUT2D eigenvalue weighted by Gasteiger charge is 2.19. The summed E-state index contributed by atoms with van der Waals surface area (Å²) in [4.78, 5) is 4.81. The van der Waals surface area contributed by atoms with Gasteiger partial charge in [0.15, 0.2) is 0 Å². The largest absolute Gasteiger partial charge is 0.298 e. The second kappa shape index (κ2) is 5.81. The van der Waals surface area contributed by atoms with Gasteiger partial charge in [-0.05, 0) is 32.4 Å². The average molecular weight is 250 g/mol. The zero-order valence-corrected chi connectivity index (χ0v) is 11.6. The Kier molecular flexibility index (Phi) is 4.36. The van der Waals surface area contributed by atoms with Crippen LogP contribution in [-0.2, 0) is 6.54 Å². The third kappa shape index (κ3) is 3.30. The molecule has 0 atom stereocenters. The second-order valence-electron chi connectivity index (χ2n) is 5.50. The Balaban J connectivity index is 1.91. The Bertz CT molecular complexity index is 395. The van der Waals surface area contributed by atoms with Crippen molar-refractivity contribution in [1.29, 1.82) is 0 Å². The van der Waals surface area contributed by atoms with Crippen molar-refractivity contribution in [3.05, 3.63) is 35.1 Å². The van der Waals surface area contributed by atoms with Crippen molar-refractivity contribution < 1.29 is 4.39 Å². The first-order valence-corrected chi connectivity index (χ1v) is 6.77. The average Bonchev–Trinajstić information content (AvgIpc) is 2.33. The van der Waals surface area contributed by atoms with Crippen LogP contribution in [0.2, 0.25) is 0 Å². The van der Waals surface area contributed by atoms with Gasteiger partial charge in [0.2, 0.25) is 0 Å². The quantitative estimate of drug-likeness (QED) is 0.814. The summed E-state index contributed by atoms with van der Waals surface area (Å²) in [5, 5.41) is 0. The molecule has 1 aromatic rings. The lowest BCUT2D eigenvalue weighted by molar-refractivity contribution is 0.103. The van der Waals surface area contributed by atoms with E-state index < -0.39 is 0 Å². The van der Waals surface area contributed by atoms with E-state index in [1.54, 1.807) is 6.07 Å². The monoisotopic (exact) mass is 250 g/mol. The zero-order valence-electron chi connectivity index (χ0n) is 11.6. The lowest BCUT2D eigenvalue weighted by atomic mass is 10.1. The number of aryl methyl sites for hydroxylation is 1. The Hall–Kier alpha value is -0.930. The molecule has 1 aliphatic rings. The molecule has 1 saturated heterocycles. The van der Waals surface area contributed by atoms with Gasteiger partial charge in [-0.15, -0.1) is 0 Å². The summed E-state index contributed by atoms with van der Waals surface area (Å²) in [5.74, 6) is -0.0683. The summed E-state index contributed by atoms with van der Waals surface area (Å²) in [6.45, 7) is 11.4. The summed E-state index contributed by atoms with van der Waals surface area (Å²) >= 11 is 0. The van der Waals surface area contributed by atoms with Crippen molar-refractivity contribution in [2.45, 2.75) is 33.4 Å². The molecule has 100 valence electrons. The molecule has 0 aliphatic carbocycles. The molecule has 2 rings (SSSR count). The zero-order chi connectivity index (χ0) is 13.1. The van der Waals surface area contributed by atoms with Gasteiger partial charge in [-0.3, -0.25) is 9.80 Å². The van der Waals surface area contributed by atoms with Crippen LogP contribution < -0.4 is 0 Å². The van der Waals surface area contributed by atoms with E-state index in [1.807, 2.05) is 19.1 Å². The van der Waals surface area contributed by atoms with Crippen LogP contribution in [0.4, 0.5) is 4.39 Å². The third-order valence-corrected chi connectivity index (χ3v) is 3.74. The summed E-state index contributed by atoms with van der Waals surface area (Å²) in [5.41, 5.74) is 1.81. The van der Waals surface area contributed by atoms with Gasteiger partial charge in [0.1, 0.15) is 5.82 Å². The molecule has 0 N–H and O–H groups in total. The van der Waals surface area contributed by atoms with Gasteiger partial charge in [0.25, 0.3) is 0 Å². The van der Waals surface area contributed by atoms with E-state index in [2.05, 4.69) is 23.6 Å². The van der Waals surface area contributed by atoms with Crippen molar-refractivity contribution >= 4 is 0 Å². The van der Waals surface area contributed by atoms with Gasteiger partial charge >= 0.3 is 0 Å². The van der Waals surface area contributed by atoms with Crippen LogP contribution in [0.5, 0.6) is 0 Å². The minimum absolute atomic E-state index is 0.0683. The molecule has 0 bridgehead atoms. The van der Waals surface area contributed by atoms with Gasteiger partial charge in [-0.25, -0.2) is 4.39 Å². The molecule has 18 heavy (non-hydrogen) atoms. The highest BCUT2D eigenvalue weighted by atomic mass is 19.1. The molecule has 1 heterocycles. The molecule has 0 aromatic heterocycles. The molecule has 1 aliphatic heterocycles. The van der Waals surface area contributed by atoms with E-state index in [-0.39, 0.29) is 5.82 Å². The van der Waals surface area contributed by atoms with Crippen molar-refractivity contribution in [3.63, 3.8) is 0 Å². The summed E-state index contributed by atoms with van der Waals surface area (Å²) in [6, 6.07) is 6.14. The first-order valence-electron chi connectivity index (χ1n) is 6.77. The first-order chi connectivity index (χ1) is 8.56. The van der Waals surface area contributed by atoms with Gasteiger partial charge in [-0.2, -0.15) is 0 Å². The van der Waals surface area contributed by atoms with Crippen LogP contribution in [0.25, 0.3) is 0 Å². The van der Waals surface area contributed by atoms with E-state index in [4.69, 9.17) is 0 Å².